The SMILES string of the molecule is CNC(=O)c1cc(Oc2cccc(CCNC(=O)c3ccc(OC)c(OC)c3OC)c2)ccn1. The predicted octanol–water partition coefficient (Wildman–Crippen LogP) is 3.23. The number of benzene rings is 2. The Balaban J connectivity index is 1.64. The molecule has 0 aliphatic rings. The third-order valence-electron chi connectivity index (χ3n) is 4.97. The van der Waals surface area contributed by atoms with Gasteiger partial charge in [-0.3, -0.25) is 14.6 Å². The maximum absolute atomic E-state index is 12.8. The number of nitrogens with one attached hydrogen (secondary N) is 2. The lowest BCUT2D eigenvalue weighted by Gasteiger charge is -2.15. The fourth-order valence-corrected chi connectivity index (χ4v) is 3.32. The summed E-state index contributed by atoms with van der Waals surface area (Å²) < 4.78 is 21.9. The molecule has 0 aliphatic heterocycles. The topological polar surface area (TPSA) is 108 Å². The van der Waals surface area contributed by atoms with Crippen molar-refractivity contribution in [3.63, 3.8) is 0 Å². The first kappa shape index (κ1) is 24.4. The van der Waals surface area contributed by atoms with Gasteiger partial charge in [0.1, 0.15) is 17.2 Å². The van der Waals surface area contributed by atoms with E-state index in [1.165, 1.54) is 27.5 Å². The van der Waals surface area contributed by atoms with Crippen LogP contribution in [0.1, 0.15) is 26.4 Å². The molecule has 0 saturated heterocycles. The summed E-state index contributed by atoms with van der Waals surface area (Å²) >= 11 is 0. The van der Waals surface area contributed by atoms with Crippen LogP contribution in [0.25, 0.3) is 0 Å². The van der Waals surface area contributed by atoms with Crippen LogP contribution in [0.5, 0.6) is 28.7 Å². The number of aromatic nitrogens is 1. The van der Waals surface area contributed by atoms with Crippen LogP contribution in [0, 0.1) is 0 Å². The van der Waals surface area contributed by atoms with Gasteiger partial charge in [0.2, 0.25) is 5.75 Å². The summed E-state index contributed by atoms with van der Waals surface area (Å²) in [5, 5.41) is 5.43. The highest BCUT2D eigenvalue weighted by Crippen LogP contribution is 2.39. The molecule has 0 aliphatic carbocycles. The average molecular weight is 466 g/mol. The second kappa shape index (κ2) is 11.6. The van der Waals surface area contributed by atoms with Crippen molar-refractivity contribution in [1.29, 1.82) is 0 Å². The average Bonchev–Trinajstić information content (AvgIpc) is 2.87. The highest BCUT2D eigenvalue weighted by Gasteiger charge is 2.20. The molecule has 1 aromatic heterocycles. The first-order chi connectivity index (χ1) is 16.5. The van der Waals surface area contributed by atoms with Crippen LogP contribution in [-0.2, 0) is 6.42 Å². The molecule has 3 rings (SSSR count). The first-order valence-electron chi connectivity index (χ1n) is 10.5. The maximum Gasteiger partial charge on any atom is 0.269 e. The summed E-state index contributed by atoms with van der Waals surface area (Å²) in [4.78, 5) is 28.6. The van der Waals surface area contributed by atoms with Crippen LogP contribution < -0.4 is 29.6 Å². The molecule has 0 unspecified atom stereocenters. The van der Waals surface area contributed by atoms with Crippen molar-refractivity contribution in [2.75, 3.05) is 34.9 Å². The predicted molar refractivity (Wildman–Crippen MR) is 126 cm³/mol. The van der Waals surface area contributed by atoms with Gasteiger partial charge in [-0.25, -0.2) is 0 Å². The molecule has 0 atom stereocenters. The highest BCUT2D eigenvalue weighted by molar-refractivity contribution is 5.98. The first-order valence-corrected chi connectivity index (χ1v) is 10.5. The number of carbonyl (C=O) groups is 2. The van der Waals surface area contributed by atoms with Gasteiger partial charge in [-0.1, -0.05) is 12.1 Å². The fourth-order valence-electron chi connectivity index (χ4n) is 3.32. The Morgan fingerprint density at radius 3 is 2.35 bits per heavy atom. The summed E-state index contributed by atoms with van der Waals surface area (Å²) in [6.45, 7) is 0.399. The second-order valence-corrected chi connectivity index (χ2v) is 7.09. The van der Waals surface area contributed by atoms with E-state index in [-0.39, 0.29) is 17.5 Å². The van der Waals surface area contributed by atoms with Crippen molar-refractivity contribution >= 4 is 11.8 Å². The van der Waals surface area contributed by atoms with Crippen LogP contribution in [0.3, 0.4) is 0 Å². The molecule has 2 N–H and O–H groups in total. The number of carbonyl (C=O) groups excluding carboxylic acids is 2. The molecular formula is C25H27N3O6. The molecule has 1 heterocycles. The molecule has 0 fully saturated rings. The van der Waals surface area contributed by atoms with E-state index >= 15 is 0 Å². The molecule has 34 heavy (non-hydrogen) atoms. The van der Waals surface area contributed by atoms with Gasteiger partial charge in [0.05, 0.1) is 26.9 Å². The van der Waals surface area contributed by atoms with E-state index in [1.807, 2.05) is 24.3 Å². The van der Waals surface area contributed by atoms with E-state index in [2.05, 4.69) is 15.6 Å². The zero-order chi connectivity index (χ0) is 24.5. The molecule has 3 aromatic rings. The monoisotopic (exact) mass is 465 g/mol. The van der Waals surface area contributed by atoms with Crippen molar-refractivity contribution in [1.82, 2.24) is 15.6 Å². The number of methoxy groups -OCH3 is 3. The van der Waals surface area contributed by atoms with Crippen molar-refractivity contribution in [2.45, 2.75) is 6.42 Å². The lowest BCUT2D eigenvalue weighted by Crippen LogP contribution is -2.26. The Morgan fingerprint density at radius 1 is 0.882 bits per heavy atom. The van der Waals surface area contributed by atoms with Crippen LogP contribution in [0.15, 0.2) is 54.7 Å². The normalized spacial score (nSPS) is 10.2. The Kier molecular flexibility index (Phi) is 8.28. The number of ether oxygens (including phenoxy) is 4. The second-order valence-electron chi connectivity index (χ2n) is 7.09. The van der Waals surface area contributed by atoms with Gasteiger partial charge in [0.15, 0.2) is 11.5 Å². The van der Waals surface area contributed by atoms with Gasteiger partial charge in [-0.2, -0.15) is 0 Å². The largest absolute Gasteiger partial charge is 0.493 e. The third-order valence-corrected chi connectivity index (χ3v) is 4.97. The van der Waals surface area contributed by atoms with Crippen LogP contribution in [-0.4, -0.2) is 51.7 Å². The summed E-state index contributed by atoms with van der Waals surface area (Å²) in [5.74, 6) is 1.68. The molecular weight excluding hydrogens is 438 g/mol. The maximum atomic E-state index is 12.8. The highest BCUT2D eigenvalue weighted by atomic mass is 16.5. The van der Waals surface area contributed by atoms with E-state index in [4.69, 9.17) is 18.9 Å². The zero-order valence-corrected chi connectivity index (χ0v) is 19.5. The molecule has 9 nitrogen and oxygen atoms in total. The minimum Gasteiger partial charge on any atom is -0.493 e. The minimum absolute atomic E-state index is 0.268. The van der Waals surface area contributed by atoms with E-state index in [0.29, 0.717) is 47.3 Å². The third kappa shape index (κ3) is 5.74. The van der Waals surface area contributed by atoms with Crippen LogP contribution in [0.2, 0.25) is 0 Å². The van der Waals surface area contributed by atoms with Crippen molar-refractivity contribution in [3.05, 3.63) is 71.5 Å². The molecule has 9 heteroatoms. The van der Waals surface area contributed by atoms with E-state index in [9.17, 15) is 9.59 Å². The lowest BCUT2D eigenvalue weighted by atomic mass is 10.1. The molecule has 2 aromatic carbocycles. The van der Waals surface area contributed by atoms with Crippen molar-refractivity contribution in [2.24, 2.45) is 0 Å². The molecule has 0 saturated carbocycles. The van der Waals surface area contributed by atoms with E-state index < -0.39 is 0 Å². The Hall–Kier alpha value is -4.27. The molecule has 178 valence electrons. The van der Waals surface area contributed by atoms with Gasteiger partial charge >= 0.3 is 0 Å². The van der Waals surface area contributed by atoms with Gasteiger partial charge in [-0.15, -0.1) is 0 Å². The lowest BCUT2D eigenvalue weighted by molar-refractivity contribution is 0.0945. The Labute approximate surface area is 198 Å². The number of pyridine rings is 1. The van der Waals surface area contributed by atoms with E-state index in [0.717, 1.165) is 5.56 Å². The van der Waals surface area contributed by atoms with Gasteiger partial charge in [-0.05, 0) is 42.3 Å². The smallest absolute Gasteiger partial charge is 0.269 e. The Morgan fingerprint density at radius 2 is 1.65 bits per heavy atom. The zero-order valence-electron chi connectivity index (χ0n) is 19.5. The number of amides is 2. The molecule has 0 spiro atoms. The molecule has 2 amide bonds. The summed E-state index contributed by atoms with van der Waals surface area (Å²) in [6.07, 6.45) is 2.10. The summed E-state index contributed by atoms with van der Waals surface area (Å²) in [6, 6.07) is 14.0. The molecule has 0 bridgehead atoms. The standard InChI is InChI=1S/C25H27N3O6/c1-26-25(30)20-15-18(11-13-27-20)34-17-7-5-6-16(14-17)10-12-28-24(29)19-8-9-21(31-2)23(33-4)22(19)32-3/h5-9,11,13-15H,10,12H2,1-4H3,(H,26,30)(H,28,29). The van der Waals surface area contributed by atoms with Crippen LogP contribution in [0.4, 0.5) is 0 Å². The number of hydrogen-bond donors (Lipinski definition) is 2. The van der Waals surface area contributed by atoms with Crippen LogP contribution >= 0.6 is 0 Å². The van der Waals surface area contributed by atoms with E-state index in [1.54, 1.807) is 31.3 Å². The Bertz CT molecular complexity index is 1170. The minimum atomic E-state index is -0.291. The quantitative estimate of drug-likeness (QED) is 0.473. The van der Waals surface area contributed by atoms with Crippen molar-refractivity contribution < 1.29 is 28.5 Å². The summed E-state index contributed by atoms with van der Waals surface area (Å²) in [5.41, 5.74) is 1.59. The number of nitrogens with zero attached hydrogens (tertiary/aromatic N) is 1. The van der Waals surface area contributed by atoms with Gasteiger partial charge in [0.25, 0.3) is 11.8 Å². The van der Waals surface area contributed by atoms with Gasteiger partial charge in [0, 0.05) is 25.9 Å². The summed E-state index contributed by atoms with van der Waals surface area (Å²) in [7, 11) is 6.02. The van der Waals surface area contributed by atoms with Crippen molar-refractivity contribution in [3.8, 4) is 28.7 Å². The fraction of sp³-hybridized carbons (Fsp3) is 0.240. The number of rotatable bonds is 10. The molecule has 0 radical (unpaired) electrons. The van der Waals surface area contributed by atoms with Gasteiger partial charge < -0.3 is 29.6 Å². The number of hydrogen-bond acceptors (Lipinski definition) is 7.